The summed E-state index contributed by atoms with van der Waals surface area (Å²) in [5.74, 6) is 1.17. The Hall–Kier alpha value is -3.22. The third-order valence-electron chi connectivity index (χ3n) is 3.74. The van der Waals surface area contributed by atoms with Gasteiger partial charge in [-0.25, -0.2) is 4.79 Å². The molecule has 3 amide bonds. The predicted octanol–water partition coefficient (Wildman–Crippen LogP) is 2.00. The standard InChI is InChI=1S/C20H25N3O4/c1-15-3-5-16(6-4-15)13-22-20(25)23-14-19(24)21-11-12-27-18-9-7-17(26-2)8-10-18/h3-10H,11-14H2,1-2H3,(H,21,24)(H2,22,23,25). The van der Waals surface area contributed by atoms with Crippen LogP contribution in [0.25, 0.3) is 0 Å². The van der Waals surface area contributed by atoms with Crippen molar-refractivity contribution in [1.29, 1.82) is 0 Å². The molecule has 7 nitrogen and oxygen atoms in total. The number of rotatable bonds is 9. The average Bonchev–Trinajstić information content (AvgIpc) is 2.69. The van der Waals surface area contributed by atoms with Crippen molar-refractivity contribution in [3.05, 3.63) is 59.7 Å². The molecule has 0 saturated carbocycles. The number of nitrogens with one attached hydrogen (secondary N) is 3. The molecule has 0 unspecified atom stereocenters. The molecule has 3 N–H and O–H groups in total. The molecule has 0 spiro atoms. The maximum Gasteiger partial charge on any atom is 0.315 e. The maximum absolute atomic E-state index is 11.7. The van der Waals surface area contributed by atoms with Gasteiger partial charge < -0.3 is 25.4 Å². The Morgan fingerprint density at radius 2 is 1.56 bits per heavy atom. The molecule has 0 radical (unpaired) electrons. The number of amides is 3. The van der Waals surface area contributed by atoms with Crippen LogP contribution < -0.4 is 25.4 Å². The van der Waals surface area contributed by atoms with Gasteiger partial charge in [-0.2, -0.15) is 0 Å². The monoisotopic (exact) mass is 371 g/mol. The van der Waals surface area contributed by atoms with Gasteiger partial charge in [-0.05, 0) is 36.8 Å². The summed E-state index contributed by atoms with van der Waals surface area (Å²) in [4.78, 5) is 23.4. The van der Waals surface area contributed by atoms with E-state index in [2.05, 4.69) is 16.0 Å². The molecule has 2 rings (SSSR count). The Balaban J connectivity index is 1.55. The van der Waals surface area contributed by atoms with E-state index in [1.165, 1.54) is 0 Å². The second kappa shape index (κ2) is 10.7. The molecule has 0 aliphatic rings. The first-order chi connectivity index (χ1) is 13.1. The highest BCUT2D eigenvalue weighted by atomic mass is 16.5. The van der Waals surface area contributed by atoms with Crippen molar-refractivity contribution in [2.45, 2.75) is 13.5 Å². The molecule has 27 heavy (non-hydrogen) atoms. The molecule has 0 saturated heterocycles. The first-order valence-corrected chi connectivity index (χ1v) is 8.67. The second-order valence-corrected chi connectivity index (χ2v) is 5.90. The van der Waals surface area contributed by atoms with Crippen LogP contribution in [0.2, 0.25) is 0 Å². The highest BCUT2D eigenvalue weighted by Gasteiger charge is 2.05. The van der Waals surface area contributed by atoms with E-state index in [1.54, 1.807) is 31.4 Å². The number of carbonyl (C=O) groups excluding carboxylic acids is 2. The maximum atomic E-state index is 11.7. The van der Waals surface area contributed by atoms with E-state index in [-0.39, 0.29) is 18.5 Å². The summed E-state index contributed by atoms with van der Waals surface area (Å²) in [7, 11) is 1.60. The van der Waals surface area contributed by atoms with E-state index in [0.29, 0.717) is 25.4 Å². The molecule has 144 valence electrons. The number of carbonyl (C=O) groups is 2. The first-order valence-electron chi connectivity index (χ1n) is 8.67. The normalized spacial score (nSPS) is 10.0. The van der Waals surface area contributed by atoms with Gasteiger partial charge in [0.1, 0.15) is 18.1 Å². The van der Waals surface area contributed by atoms with Crippen molar-refractivity contribution in [3.63, 3.8) is 0 Å². The van der Waals surface area contributed by atoms with Gasteiger partial charge in [0.15, 0.2) is 0 Å². The number of methoxy groups -OCH3 is 1. The summed E-state index contributed by atoms with van der Waals surface area (Å²) in [5.41, 5.74) is 2.16. The Labute approximate surface area is 159 Å². The van der Waals surface area contributed by atoms with Crippen LogP contribution in [0.4, 0.5) is 4.79 Å². The summed E-state index contributed by atoms with van der Waals surface area (Å²) in [6.07, 6.45) is 0. The predicted molar refractivity (Wildman–Crippen MR) is 103 cm³/mol. The lowest BCUT2D eigenvalue weighted by atomic mass is 10.1. The topological polar surface area (TPSA) is 88.7 Å². The van der Waals surface area contributed by atoms with Crippen LogP contribution in [-0.2, 0) is 11.3 Å². The van der Waals surface area contributed by atoms with Gasteiger partial charge >= 0.3 is 6.03 Å². The van der Waals surface area contributed by atoms with Gasteiger partial charge in [0, 0.05) is 6.54 Å². The van der Waals surface area contributed by atoms with Crippen LogP contribution in [0.1, 0.15) is 11.1 Å². The summed E-state index contributed by atoms with van der Waals surface area (Å²) >= 11 is 0. The molecule has 0 aromatic heterocycles. The van der Waals surface area contributed by atoms with Crippen molar-refractivity contribution < 1.29 is 19.1 Å². The molecule has 0 aliphatic carbocycles. The van der Waals surface area contributed by atoms with E-state index in [9.17, 15) is 9.59 Å². The zero-order chi connectivity index (χ0) is 19.5. The molecule has 0 atom stereocenters. The highest BCUT2D eigenvalue weighted by molar-refractivity contribution is 5.83. The zero-order valence-corrected chi connectivity index (χ0v) is 15.6. The first kappa shape index (κ1) is 20.1. The lowest BCUT2D eigenvalue weighted by Gasteiger charge is -2.10. The molecule has 0 aliphatic heterocycles. The molecule has 0 fully saturated rings. The van der Waals surface area contributed by atoms with Crippen molar-refractivity contribution >= 4 is 11.9 Å². The van der Waals surface area contributed by atoms with Gasteiger partial charge in [-0.15, -0.1) is 0 Å². The van der Waals surface area contributed by atoms with Crippen LogP contribution in [0.5, 0.6) is 11.5 Å². The number of aryl methyl sites for hydroxylation is 1. The molecular weight excluding hydrogens is 346 g/mol. The zero-order valence-electron chi connectivity index (χ0n) is 15.6. The molecule has 0 heterocycles. The summed E-state index contributed by atoms with van der Waals surface area (Å²) in [5, 5.41) is 7.91. The summed E-state index contributed by atoms with van der Waals surface area (Å²) < 4.78 is 10.6. The molecule has 7 heteroatoms. The van der Waals surface area contributed by atoms with Gasteiger partial charge in [0.25, 0.3) is 0 Å². The van der Waals surface area contributed by atoms with Gasteiger partial charge in [0.05, 0.1) is 20.2 Å². The van der Waals surface area contributed by atoms with Crippen LogP contribution in [0.15, 0.2) is 48.5 Å². The highest BCUT2D eigenvalue weighted by Crippen LogP contribution is 2.16. The SMILES string of the molecule is COc1ccc(OCCNC(=O)CNC(=O)NCc2ccc(C)cc2)cc1. The smallest absolute Gasteiger partial charge is 0.315 e. The summed E-state index contributed by atoms with van der Waals surface area (Å²) in [6.45, 7) is 2.99. The van der Waals surface area contributed by atoms with E-state index >= 15 is 0 Å². The minimum atomic E-state index is -0.389. The Morgan fingerprint density at radius 3 is 2.22 bits per heavy atom. The number of hydrogen-bond donors (Lipinski definition) is 3. The summed E-state index contributed by atoms with van der Waals surface area (Å²) in [6, 6.07) is 14.7. The molecule has 2 aromatic rings. The van der Waals surface area contributed by atoms with Gasteiger partial charge in [-0.3, -0.25) is 4.79 Å². The van der Waals surface area contributed by atoms with Gasteiger partial charge in [-0.1, -0.05) is 29.8 Å². The Morgan fingerprint density at radius 1 is 0.889 bits per heavy atom. The van der Waals surface area contributed by atoms with Crippen LogP contribution in [-0.4, -0.2) is 38.7 Å². The van der Waals surface area contributed by atoms with E-state index in [4.69, 9.17) is 9.47 Å². The van der Waals surface area contributed by atoms with Crippen molar-refractivity contribution in [2.24, 2.45) is 0 Å². The third-order valence-corrected chi connectivity index (χ3v) is 3.74. The number of urea groups is 1. The fourth-order valence-electron chi connectivity index (χ4n) is 2.21. The molecule has 2 aromatic carbocycles. The van der Waals surface area contributed by atoms with E-state index < -0.39 is 0 Å². The largest absolute Gasteiger partial charge is 0.497 e. The number of ether oxygens (including phenoxy) is 2. The van der Waals surface area contributed by atoms with Crippen LogP contribution in [0.3, 0.4) is 0 Å². The van der Waals surface area contributed by atoms with Crippen molar-refractivity contribution in [2.75, 3.05) is 26.8 Å². The lowest BCUT2D eigenvalue weighted by molar-refractivity contribution is -0.120. The fraction of sp³-hybridized carbons (Fsp3) is 0.300. The minimum Gasteiger partial charge on any atom is -0.497 e. The number of benzene rings is 2. The molecular formula is C20H25N3O4. The van der Waals surface area contributed by atoms with E-state index in [0.717, 1.165) is 16.9 Å². The van der Waals surface area contributed by atoms with Gasteiger partial charge in [0.2, 0.25) is 5.91 Å². The average molecular weight is 371 g/mol. The lowest BCUT2D eigenvalue weighted by Crippen LogP contribution is -2.42. The van der Waals surface area contributed by atoms with Crippen molar-refractivity contribution in [1.82, 2.24) is 16.0 Å². The van der Waals surface area contributed by atoms with Crippen molar-refractivity contribution in [3.8, 4) is 11.5 Å². The quantitative estimate of drug-likeness (QED) is 0.588. The number of hydrogen-bond acceptors (Lipinski definition) is 4. The Kier molecular flexibility index (Phi) is 7.96. The second-order valence-electron chi connectivity index (χ2n) is 5.90. The van der Waals surface area contributed by atoms with E-state index in [1.807, 2.05) is 31.2 Å². The minimum absolute atomic E-state index is 0.0950. The van der Waals surface area contributed by atoms with Crippen LogP contribution in [0, 0.1) is 6.92 Å². The molecule has 0 bridgehead atoms. The fourth-order valence-corrected chi connectivity index (χ4v) is 2.21. The van der Waals surface area contributed by atoms with Crippen LogP contribution >= 0.6 is 0 Å². The third kappa shape index (κ3) is 7.68. The Bertz CT molecular complexity index is 730.